The molecular formula is C14H22N4O. The lowest BCUT2D eigenvalue weighted by molar-refractivity contribution is 0.0947. The SMILES string of the molecule is Cc1cc(C(=O)NCC2CCC(C)C2)cc(NN)n1. The van der Waals surface area contributed by atoms with E-state index in [0.717, 1.165) is 18.2 Å². The van der Waals surface area contributed by atoms with Crippen LogP contribution in [0.5, 0.6) is 0 Å². The van der Waals surface area contributed by atoms with E-state index in [-0.39, 0.29) is 5.91 Å². The van der Waals surface area contributed by atoms with Crippen molar-refractivity contribution in [2.75, 3.05) is 12.0 Å². The third kappa shape index (κ3) is 3.67. The zero-order chi connectivity index (χ0) is 13.8. The Balaban J connectivity index is 1.94. The number of nitrogens with two attached hydrogens (primary N) is 1. The molecule has 0 saturated heterocycles. The first-order valence-corrected chi connectivity index (χ1v) is 6.82. The molecule has 0 spiro atoms. The van der Waals surface area contributed by atoms with Gasteiger partial charge in [-0.05, 0) is 43.7 Å². The van der Waals surface area contributed by atoms with E-state index in [2.05, 4.69) is 22.7 Å². The quantitative estimate of drug-likeness (QED) is 0.571. The Labute approximate surface area is 114 Å². The molecule has 4 N–H and O–H groups in total. The van der Waals surface area contributed by atoms with Crippen LogP contribution in [0.25, 0.3) is 0 Å². The second-order valence-electron chi connectivity index (χ2n) is 5.52. The number of nitrogens with zero attached hydrogens (tertiary/aromatic N) is 1. The number of aromatic nitrogens is 1. The summed E-state index contributed by atoms with van der Waals surface area (Å²) in [7, 11) is 0. The van der Waals surface area contributed by atoms with Gasteiger partial charge >= 0.3 is 0 Å². The highest BCUT2D eigenvalue weighted by Gasteiger charge is 2.21. The molecule has 5 nitrogen and oxygen atoms in total. The van der Waals surface area contributed by atoms with E-state index >= 15 is 0 Å². The highest BCUT2D eigenvalue weighted by molar-refractivity contribution is 5.94. The van der Waals surface area contributed by atoms with Crippen LogP contribution in [0.4, 0.5) is 5.82 Å². The van der Waals surface area contributed by atoms with Crippen molar-refractivity contribution in [1.29, 1.82) is 0 Å². The van der Waals surface area contributed by atoms with Gasteiger partial charge in [-0.25, -0.2) is 10.8 Å². The van der Waals surface area contributed by atoms with Crippen LogP contribution in [0.1, 0.15) is 42.2 Å². The van der Waals surface area contributed by atoms with Crippen molar-refractivity contribution in [2.24, 2.45) is 17.7 Å². The number of hydrazine groups is 1. The van der Waals surface area contributed by atoms with Gasteiger partial charge in [0.15, 0.2) is 0 Å². The summed E-state index contributed by atoms with van der Waals surface area (Å²) in [6.45, 7) is 4.87. The van der Waals surface area contributed by atoms with Crippen LogP contribution in [-0.2, 0) is 0 Å². The summed E-state index contributed by atoms with van der Waals surface area (Å²) in [5, 5.41) is 3.00. The van der Waals surface area contributed by atoms with Crippen molar-refractivity contribution in [1.82, 2.24) is 10.3 Å². The molecule has 0 aliphatic heterocycles. The van der Waals surface area contributed by atoms with E-state index in [4.69, 9.17) is 5.84 Å². The van der Waals surface area contributed by atoms with E-state index in [1.807, 2.05) is 6.92 Å². The summed E-state index contributed by atoms with van der Waals surface area (Å²) in [4.78, 5) is 16.3. The fourth-order valence-electron chi connectivity index (χ4n) is 2.72. The number of carbonyl (C=O) groups is 1. The number of hydrogen-bond acceptors (Lipinski definition) is 4. The van der Waals surface area contributed by atoms with Crippen molar-refractivity contribution in [3.8, 4) is 0 Å². The molecule has 2 atom stereocenters. The molecule has 0 bridgehead atoms. The van der Waals surface area contributed by atoms with Crippen LogP contribution in [-0.4, -0.2) is 17.4 Å². The summed E-state index contributed by atoms with van der Waals surface area (Å²) in [6, 6.07) is 3.44. The summed E-state index contributed by atoms with van der Waals surface area (Å²) in [5.41, 5.74) is 3.85. The molecule has 104 valence electrons. The molecule has 1 fully saturated rings. The van der Waals surface area contributed by atoms with Crippen LogP contribution in [0.3, 0.4) is 0 Å². The Kier molecular flexibility index (Phi) is 4.37. The summed E-state index contributed by atoms with van der Waals surface area (Å²) in [6.07, 6.45) is 3.70. The van der Waals surface area contributed by atoms with Crippen LogP contribution in [0.15, 0.2) is 12.1 Å². The molecule has 1 aliphatic carbocycles. The van der Waals surface area contributed by atoms with E-state index in [1.165, 1.54) is 19.3 Å². The minimum Gasteiger partial charge on any atom is -0.352 e. The second-order valence-corrected chi connectivity index (χ2v) is 5.52. The average Bonchev–Trinajstić information content (AvgIpc) is 2.81. The van der Waals surface area contributed by atoms with Crippen LogP contribution in [0.2, 0.25) is 0 Å². The number of hydrogen-bond donors (Lipinski definition) is 3. The Bertz CT molecular complexity index is 461. The van der Waals surface area contributed by atoms with E-state index in [9.17, 15) is 4.79 Å². The van der Waals surface area contributed by atoms with E-state index < -0.39 is 0 Å². The molecule has 0 aromatic carbocycles. The van der Waals surface area contributed by atoms with Gasteiger partial charge in [0.05, 0.1) is 0 Å². The van der Waals surface area contributed by atoms with Gasteiger partial charge in [-0.15, -0.1) is 0 Å². The minimum absolute atomic E-state index is 0.0541. The Morgan fingerprint density at radius 2 is 2.26 bits per heavy atom. The molecule has 19 heavy (non-hydrogen) atoms. The third-order valence-corrected chi connectivity index (χ3v) is 3.72. The van der Waals surface area contributed by atoms with E-state index in [0.29, 0.717) is 17.3 Å². The molecule has 5 heteroatoms. The first-order valence-electron chi connectivity index (χ1n) is 6.82. The zero-order valence-corrected chi connectivity index (χ0v) is 11.6. The summed E-state index contributed by atoms with van der Waals surface area (Å²) < 4.78 is 0. The number of carbonyl (C=O) groups excluding carboxylic acids is 1. The van der Waals surface area contributed by atoms with Gasteiger partial charge in [0.25, 0.3) is 5.91 Å². The topological polar surface area (TPSA) is 80.0 Å². The maximum atomic E-state index is 12.1. The molecule has 1 aliphatic rings. The largest absolute Gasteiger partial charge is 0.352 e. The van der Waals surface area contributed by atoms with Crippen molar-refractivity contribution < 1.29 is 4.79 Å². The highest BCUT2D eigenvalue weighted by Crippen LogP contribution is 2.29. The van der Waals surface area contributed by atoms with Crippen molar-refractivity contribution in [3.05, 3.63) is 23.4 Å². The fourth-order valence-corrected chi connectivity index (χ4v) is 2.72. The van der Waals surface area contributed by atoms with Crippen LogP contribution < -0.4 is 16.6 Å². The van der Waals surface area contributed by atoms with Gasteiger partial charge in [0.2, 0.25) is 0 Å². The molecule has 1 saturated carbocycles. The summed E-state index contributed by atoms with van der Waals surface area (Å²) >= 11 is 0. The second kappa shape index (κ2) is 6.02. The smallest absolute Gasteiger partial charge is 0.251 e. The number of pyridine rings is 1. The monoisotopic (exact) mass is 262 g/mol. The normalized spacial score (nSPS) is 22.3. The molecular weight excluding hydrogens is 240 g/mol. The van der Waals surface area contributed by atoms with Crippen molar-refractivity contribution in [3.63, 3.8) is 0 Å². The molecule has 1 amide bonds. The third-order valence-electron chi connectivity index (χ3n) is 3.72. The lowest BCUT2D eigenvalue weighted by Crippen LogP contribution is -2.28. The van der Waals surface area contributed by atoms with Crippen molar-refractivity contribution in [2.45, 2.75) is 33.1 Å². The van der Waals surface area contributed by atoms with Gasteiger partial charge in [0, 0.05) is 17.8 Å². The molecule has 1 aromatic rings. The first kappa shape index (κ1) is 13.8. The number of amides is 1. The number of nitrogens with one attached hydrogen (secondary N) is 2. The molecule has 0 radical (unpaired) electrons. The lowest BCUT2D eigenvalue weighted by Gasteiger charge is -2.12. The van der Waals surface area contributed by atoms with Gasteiger partial charge in [-0.3, -0.25) is 4.79 Å². The number of nitrogen functional groups attached to an aromatic ring is 1. The molecule has 2 unspecified atom stereocenters. The number of aryl methyl sites for hydroxylation is 1. The van der Waals surface area contributed by atoms with E-state index in [1.54, 1.807) is 12.1 Å². The number of rotatable bonds is 4. The Morgan fingerprint density at radius 1 is 1.47 bits per heavy atom. The van der Waals surface area contributed by atoms with Gasteiger partial charge in [0.1, 0.15) is 5.82 Å². The lowest BCUT2D eigenvalue weighted by atomic mass is 10.1. The van der Waals surface area contributed by atoms with Gasteiger partial charge in [-0.2, -0.15) is 0 Å². The first-order chi connectivity index (χ1) is 9.08. The average molecular weight is 262 g/mol. The predicted molar refractivity (Wildman–Crippen MR) is 75.6 cm³/mol. The molecule has 1 heterocycles. The summed E-state index contributed by atoms with van der Waals surface area (Å²) in [5.74, 6) is 7.20. The fraction of sp³-hybridized carbons (Fsp3) is 0.571. The minimum atomic E-state index is -0.0541. The number of anilines is 1. The highest BCUT2D eigenvalue weighted by atomic mass is 16.1. The Morgan fingerprint density at radius 3 is 2.89 bits per heavy atom. The molecule has 2 rings (SSSR count). The maximum absolute atomic E-state index is 12.1. The predicted octanol–water partition coefficient (Wildman–Crippen LogP) is 1.84. The van der Waals surface area contributed by atoms with Crippen LogP contribution >= 0.6 is 0 Å². The molecule has 1 aromatic heterocycles. The zero-order valence-electron chi connectivity index (χ0n) is 11.6. The van der Waals surface area contributed by atoms with Gasteiger partial charge in [-0.1, -0.05) is 13.3 Å². The maximum Gasteiger partial charge on any atom is 0.251 e. The van der Waals surface area contributed by atoms with Crippen LogP contribution in [0, 0.1) is 18.8 Å². The van der Waals surface area contributed by atoms with Crippen molar-refractivity contribution >= 4 is 11.7 Å². The standard InChI is InChI=1S/C14H22N4O/c1-9-3-4-11(5-9)8-16-14(19)12-6-10(2)17-13(7-12)18-15/h6-7,9,11H,3-5,8,15H2,1-2H3,(H,16,19)(H,17,18). The van der Waals surface area contributed by atoms with Gasteiger partial charge < -0.3 is 10.7 Å². The Hall–Kier alpha value is -1.62.